The van der Waals surface area contributed by atoms with E-state index in [9.17, 15) is 0 Å². The topological polar surface area (TPSA) is 24.7 Å². The Labute approximate surface area is 46.3 Å². The third kappa shape index (κ3) is 1.32. The summed E-state index contributed by atoms with van der Waals surface area (Å²) in [5, 5.41) is 0. The number of nitrogens with zero attached hydrogens (tertiary/aromatic N) is 2. The van der Waals surface area contributed by atoms with E-state index in [2.05, 4.69) is 9.98 Å². The molecule has 3 heteroatoms. The molecule has 0 radical (unpaired) electrons. The Morgan fingerprint density at radius 1 is 1.50 bits per heavy atom. The van der Waals surface area contributed by atoms with Crippen LogP contribution in [0.3, 0.4) is 0 Å². The van der Waals surface area contributed by atoms with Crippen LogP contribution in [0, 0.1) is 0 Å². The minimum atomic E-state index is 0. The largest absolute Gasteiger partial charge is 0.268 e. The Morgan fingerprint density at radius 2 is 2.33 bits per heavy atom. The second-order valence-electron chi connectivity index (χ2n) is 0.812. The maximum Gasteiger partial charge on any atom is 0.109 e. The summed E-state index contributed by atoms with van der Waals surface area (Å²) < 4.78 is 0. The summed E-state index contributed by atoms with van der Waals surface area (Å²) >= 11 is 0. The summed E-state index contributed by atoms with van der Waals surface area (Å²) in [5.74, 6) is 0. The number of aliphatic imine (C=N–C) groups is 2. The van der Waals surface area contributed by atoms with Crippen LogP contribution in [0.25, 0.3) is 0 Å². The van der Waals surface area contributed by atoms with Gasteiger partial charge in [-0.25, -0.2) is 4.99 Å². The van der Waals surface area contributed by atoms with Gasteiger partial charge in [-0.3, -0.25) is 4.99 Å². The smallest absolute Gasteiger partial charge is 0.109 e. The number of rotatable bonds is 0. The predicted molar refractivity (Wildman–Crippen MR) is 21.9 cm³/mol. The molecule has 0 amide bonds. The van der Waals surface area contributed by atoms with E-state index in [1.807, 2.05) is 0 Å². The van der Waals surface area contributed by atoms with Crippen LogP contribution >= 0.6 is 0 Å². The van der Waals surface area contributed by atoms with Crippen molar-refractivity contribution in [2.24, 2.45) is 9.98 Å². The summed E-state index contributed by atoms with van der Waals surface area (Å²) in [6, 6.07) is 0. The van der Waals surface area contributed by atoms with Crippen molar-refractivity contribution in [1.29, 1.82) is 0 Å². The Hall–Kier alpha value is -0.166. The summed E-state index contributed by atoms with van der Waals surface area (Å²) in [4.78, 5) is 7.40. The zero-order valence-corrected chi connectivity index (χ0v) is 4.06. The van der Waals surface area contributed by atoms with Crippen molar-refractivity contribution in [2.45, 2.75) is 0 Å². The molecule has 1 aliphatic heterocycles. The normalized spacial score (nSPS) is 14.7. The van der Waals surface area contributed by atoms with E-state index in [0.717, 1.165) is 6.54 Å². The van der Waals surface area contributed by atoms with Gasteiger partial charge in [0.2, 0.25) is 0 Å². The molecule has 1 heterocycles. The van der Waals surface area contributed by atoms with Gasteiger partial charge in [0.05, 0.1) is 6.54 Å². The van der Waals surface area contributed by atoms with E-state index in [1.165, 1.54) is 0 Å². The second kappa shape index (κ2) is 3.04. The van der Waals surface area contributed by atoms with Crippen LogP contribution in [0.4, 0.5) is 0 Å². The monoisotopic (exact) mass is 126 g/mol. The molecule has 0 saturated heterocycles. The van der Waals surface area contributed by atoms with Gasteiger partial charge in [0.15, 0.2) is 0 Å². The van der Waals surface area contributed by atoms with Crippen LogP contribution in [0.2, 0.25) is 0 Å². The fourth-order valence-corrected chi connectivity index (χ4v) is 0.236. The van der Waals surface area contributed by atoms with Gasteiger partial charge in [-0.1, -0.05) is 0 Å². The summed E-state index contributed by atoms with van der Waals surface area (Å²) in [7, 11) is 0. The van der Waals surface area contributed by atoms with Crippen molar-refractivity contribution in [3.05, 3.63) is 0 Å². The van der Waals surface area contributed by atoms with E-state index in [4.69, 9.17) is 0 Å². The van der Waals surface area contributed by atoms with Gasteiger partial charge in [-0.2, -0.15) is 0 Å². The zero-order chi connectivity index (χ0) is 3.54. The Balaban J connectivity index is 0.000000250. The van der Waals surface area contributed by atoms with E-state index in [1.54, 1.807) is 12.6 Å². The standard InChI is InChI=1S/C3H4N2.Ni/c1-2-5-3-4-1;/h1,3H,2H2;. The molecular weight excluding hydrogens is 123 g/mol. The van der Waals surface area contributed by atoms with Crippen molar-refractivity contribution in [3.8, 4) is 0 Å². The van der Waals surface area contributed by atoms with E-state index >= 15 is 0 Å². The first kappa shape index (κ1) is 5.83. The van der Waals surface area contributed by atoms with E-state index in [-0.39, 0.29) is 16.5 Å². The van der Waals surface area contributed by atoms with Crippen molar-refractivity contribution in [1.82, 2.24) is 0 Å². The average molecular weight is 127 g/mol. The Kier molecular flexibility index (Phi) is 2.96. The molecule has 0 saturated carbocycles. The molecule has 0 aliphatic carbocycles. The fourth-order valence-electron chi connectivity index (χ4n) is 0.236. The molecule has 1 aliphatic rings. The van der Waals surface area contributed by atoms with Crippen LogP contribution in [0.15, 0.2) is 9.98 Å². The molecule has 0 N–H and O–H groups in total. The minimum absolute atomic E-state index is 0. The second-order valence-corrected chi connectivity index (χ2v) is 0.812. The molecule has 36 valence electrons. The number of hydrogen-bond donors (Lipinski definition) is 0. The molecule has 0 spiro atoms. The van der Waals surface area contributed by atoms with Crippen LogP contribution < -0.4 is 0 Å². The van der Waals surface area contributed by atoms with Gasteiger partial charge < -0.3 is 0 Å². The minimum Gasteiger partial charge on any atom is -0.268 e. The first-order valence-electron chi connectivity index (χ1n) is 1.50. The quantitative estimate of drug-likeness (QED) is 0.412. The Morgan fingerprint density at radius 3 is 2.50 bits per heavy atom. The van der Waals surface area contributed by atoms with Crippen molar-refractivity contribution in [2.75, 3.05) is 6.54 Å². The molecule has 1 rings (SSSR count). The zero-order valence-electron chi connectivity index (χ0n) is 3.07. The molecule has 0 aromatic carbocycles. The van der Waals surface area contributed by atoms with Gasteiger partial charge >= 0.3 is 0 Å². The molecule has 0 aromatic heterocycles. The molecule has 2 nitrogen and oxygen atoms in total. The van der Waals surface area contributed by atoms with E-state index < -0.39 is 0 Å². The molecule has 0 atom stereocenters. The van der Waals surface area contributed by atoms with E-state index in [0.29, 0.717) is 0 Å². The Bertz CT molecular complexity index is 66.9. The van der Waals surface area contributed by atoms with Gasteiger partial charge in [-0.05, 0) is 0 Å². The van der Waals surface area contributed by atoms with Crippen molar-refractivity contribution >= 4 is 12.6 Å². The average Bonchev–Trinajstić information content (AvgIpc) is 1.76. The van der Waals surface area contributed by atoms with Crippen LogP contribution in [-0.4, -0.2) is 19.1 Å². The summed E-state index contributed by atoms with van der Waals surface area (Å²) in [5.41, 5.74) is 0. The fraction of sp³-hybridized carbons (Fsp3) is 0.333. The third-order valence-electron chi connectivity index (χ3n) is 0.441. The van der Waals surface area contributed by atoms with Gasteiger partial charge in [-0.15, -0.1) is 0 Å². The maximum absolute atomic E-state index is 3.74. The molecule has 0 aromatic rings. The maximum atomic E-state index is 3.74. The third-order valence-corrected chi connectivity index (χ3v) is 0.441. The van der Waals surface area contributed by atoms with Crippen molar-refractivity contribution in [3.63, 3.8) is 0 Å². The summed E-state index contributed by atoms with van der Waals surface area (Å²) in [6.45, 7) is 0.778. The molecule has 6 heavy (non-hydrogen) atoms. The molecule has 0 bridgehead atoms. The first-order chi connectivity index (χ1) is 2.50. The molecule has 0 unspecified atom stereocenters. The van der Waals surface area contributed by atoms with Crippen molar-refractivity contribution < 1.29 is 16.5 Å². The summed E-state index contributed by atoms with van der Waals surface area (Å²) in [6.07, 6.45) is 3.32. The molecular formula is C3H4N2Ni. The number of hydrogen-bond acceptors (Lipinski definition) is 2. The van der Waals surface area contributed by atoms with Gasteiger partial charge in [0, 0.05) is 22.7 Å². The van der Waals surface area contributed by atoms with Crippen LogP contribution in [0.5, 0.6) is 0 Å². The van der Waals surface area contributed by atoms with Gasteiger partial charge in [0.25, 0.3) is 0 Å². The van der Waals surface area contributed by atoms with Crippen LogP contribution in [0.1, 0.15) is 0 Å². The van der Waals surface area contributed by atoms with Gasteiger partial charge in [0.1, 0.15) is 6.34 Å². The first-order valence-corrected chi connectivity index (χ1v) is 1.50. The predicted octanol–water partition coefficient (Wildman–Crippen LogP) is 0.0966. The van der Waals surface area contributed by atoms with Crippen LogP contribution in [-0.2, 0) is 16.5 Å². The molecule has 0 fully saturated rings. The SMILES string of the molecule is C1=NC=NC1.[Ni].